The zero-order chi connectivity index (χ0) is 21.0. The van der Waals surface area contributed by atoms with Crippen LogP contribution in [0, 0.1) is 0 Å². The monoisotopic (exact) mass is 450 g/mol. The fourth-order valence-electron chi connectivity index (χ4n) is 3.17. The fourth-order valence-corrected chi connectivity index (χ4v) is 4.86. The molecule has 0 aliphatic carbocycles. The molecule has 0 unspecified atom stereocenters. The van der Waals surface area contributed by atoms with Crippen LogP contribution in [0.15, 0.2) is 35.7 Å². The van der Waals surface area contributed by atoms with E-state index in [0.29, 0.717) is 6.54 Å². The molecule has 3 rings (SSSR count). The van der Waals surface area contributed by atoms with Gasteiger partial charge in [-0.3, -0.25) is 9.80 Å². The van der Waals surface area contributed by atoms with Gasteiger partial charge in [0.2, 0.25) is 0 Å². The highest BCUT2D eigenvalue weighted by Crippen LogP contribution is 2.18. The van der Waals surface area contributed by atoms with Gasteiger partial charge in [-0.15, -0.1) is 11.3 Å². The summed E-state index contributed by atoms with van der Waals surface area (Å²) in [6.07, 6.45) is -0.380. The van der Waals surface area contributed by atoms with Crippen LogP contribution >= 0.6 is 23.1 Å². The van der Waals surface area contributed by atoms with Crippen LogP contribution in [0.1, 0.15) is 16.3 Å². The van der Waals surface area contributed by atoms with Crippen molar-refractivity contribution in [2.75, 3.05) is 51.6 Å². The van der Waals surface area contributed by atoms with E-state index in [0.717, 1.165) is 67.0 Å². The molecule has 1 amide bonds. The predicted molar refractivity (Wildman–Crippen MR) is 122 cm³/mol. The Morgan fingerprint density at radius 1 is 1.20 bits per heavy atom. The summed E-state index contributed by atoms with van der Waals surface area (Å²) in [6, 6.07) is 9.66. The molecule has 1 fully saturated rings. The number of carbonyl (C=O) groups is 1. The number of aromatic nitrogens is 1. The second-order valence-electron chi connectivity index (χ2n) is 7.12. The molecule has 7 nitrogen and oxygen atoms in total. The number of ether oxygens (including phenoxy) is 1. The Bertz CT molecular complexity index is 752. The first kappa shape index (κ1) is 23.0. The van der Waals surface area contributed by atoms with Crippen molar-refractivity contribution in [3.63, 3.8) is 0 Å². The smallest absolute Gasteiger partial charge is 0.407 e. The molecular weight excluding hydrogens is 420 g/mol. The molecule has 0 radical (unpaired) electrons. The first-order chi connectivity index (χ1) is 14.7. The molecule has 30 heavy (non-hydrogen) atoms. The van der Waals surface area contributed by atoms with Gasteiger partial charge in [0.15, 0.2) is 0 Å². The minimum absolute atomic E-state index is 0.234. The van der Waals surface area contributed by atoms with E-state index >= 15 is 0 Å². The number of nitrogens with zero attached hydrogens (tertiary/aromatic N) is 3. The lowest BCUT2D eigenvalue weighted by atomic mass is 10.2. The predicted octanol–water partition coefficient (Wildman–Crippen LogP) is 2.41. The molecule has 9 heteroatoms. The number of hydrogen-bond donors (Lipinski definition) is 2. The Morgan fingerprint density at radius 2 is 1.97 bits per heavy atom. The number of β-amino-alcohol motifs (C(OH)–C–C–N with tert-alkyl or cyclic N) is 1. The van der Waals surface area contributed by atoms with Gasteiger partial charge in [0, 0.05) is 56.2 Å². The minimum Gasteiger partial charge on any atom is -0.445 e. The highest BCUT2D eigenvalue weighted by molar-refractivity contribution is 7.98. The van der Waals surface area contributed by atoms with Crippen LogP contribution in [0.3, 0.4) is 0 Å². The van der Waals surface area contributed by atoms with Crippen molar-refractivity contribution >= 4 is 29.2 Å². The van der Waals surface area contributed by atoms with E-state index in [1.807, 2.05) is 30.3 Å². The van der Waals surface area contributed by atoms with Crippen LogP contribution in [-0.4, -0.2) is 77.6 Å². The molecule has 2 N–H and O–H groups in total. The second kappa shape index (κ2) is 12.9. The number of nitrogens with one attached hydrogen (secondary N) is 1. The molecule has 1 saturated heterocycles. The van der Waals surface area contributed by atoms with Crippen LogP contribution in [-0.2, 0) is 23.6 Å². The number of aliphatic hydroxyl groups excluding tert-OH is 1. The maximum absolute atomic E-state index is 11.7. The van der Waals surface area contributed by atoms with E-state index in [9.17, 15) is 4.79 Å². The summed E-state index contributed by atoms with van der Waals surface area (Å²) in [6.45, 7) is 6.84. The molecule has 1 aromatic heterocycles. The minimum atomic E-state index is -0.380. The first-order valence-corrected chi connectivity index (χ1v) is 12.3. The van der Waals surface area contributed by atoms with Crippen molar-refractivity contribution < 1.29 is 14.6 Å². The van der Waals surface area contributed by atoms with Crippen LogP contribution in [0.4, 0.5) is 4.79 Å². The number of rotatable bonds is 11. The van der Waals surface area contributed by atoms with Crippen LogP contribution in [0.25, 0.3) is 0 Å². The maximum Gasteiger partial charge on any atom is 0.407 e. The summed E-state index contributed by atoms with van der Waals surface area (Å²) >= 11 is 3.48. The molecule has 1 aliphatic heterocycles. The maximum atomic E-state index is 11.7. The normalized spacial score (nSPS) is 15.2. The van der Waals surface area contributed by atoms with Crippen molar-refractivity contribution in [1.82, 2.24) is 20.1 Å². The number of aliphatic hydroxyl groups is 1. The topological polar surface area (TPSA) is 77.9 Å². The zero-order valence-electron chi connectivity index (χ0n) is 17.2. The molecule has 2 heterocycles. The van der Waals surface area contributed by atoms with E-state index in [1.54, 1.807) is 23.1 Å². The van der Waals surface area contributed by atoms with Crippen LogP contribution < -0.4 is 5.32 Å². The van der Waals surface area contributed by atoms with Gasteiger partial charge in [0.05, 0.1) is 18.8 Å². The third kappa shape index (κ3) is 8.23. The van der Waals surface area contributed by atoms with Gasteiger partial charge >= 0.3 is 6.09 Å². The Balaban J connectivity index is 1.24. The lowest BCUT2D eigenvalue weighted by Gasteiger charge is -2.33. The average molecular weight is 451 g/mol. The standard InChI is InChI=1S/C21H30N4O3S2/c26-12-11-24-7-9-25(10-8-24)14-20-23-19(17-30-20)16-29-13-6-22-21(27)28-15-18-4-2-1-3-5-18/h1-5,17,26H,6-16H2,(H,22,27). The SMILES string of the molecule is O=C(NCCSCc1csc(CN2CCN(CCO)CC2)n1)OCc1ccccc1. The Labute approximate surface area is 186 Å². The number of carbonyl (C=O) groups excluding carboxylic acids is 1. The summed E-state index contributed by atoms with van der Waals surface area (Å²) in [5, 5.41) is 15.1. The number of alkyl carbamates (subject to hydrolysis) is 1. The molecule has 1 aromatic carbocycles. The van der Waals surface area contributed by atoms with Gasteiger partial charge in [-0.1, -0.05) is 30.3 Å². The van der Waals surface area contributed by atoms with E-state index in [2.05, 4.69) is 20.5 Å². The lowest BCUT2D eigenvalue weighted by molar-refractivity contribution is 0.108. The van der Waals surface area contributed by atoms with E-state index in [4.69, 9.17) is 14.8 Å². The van der Waals surface area contributed by atoms with Crippen LogP contribution in [0.5, 0.6) is 0 Å². The largest absolute Gasteiger partial charge is 0.445 e. The van der Waals surface area contributed by atoms with Crippen molar-refractivity contribution in [1.29, 1.82) is 0 Å². The molecule has 2 aromatic rings. The third-order valence-corrected chi connectivity index (χ3v) is 6.69. The Kier molecular flexibility index (Phi) is 9.91. The summed E-state index contributed by atoms with van der Waals surface area (Å²) in [4.78, 5) is 21.2. The highest BCUT2D eigenvalue weighted by atomic mass is 32.2. The van der Waals surface area contributed by atoms with Gasteiger partial charge in [-0.25, -0.2) is 9.78 Å². The van der Waals surface area contributed by atoms with E-state index in [1.165, 1.54) is 0 Å². The fraction of sp³-hybridized carbons (Fsp3) is 0.524. The van der Waals surface area contributed by atoms with Crippen molar-refractivity contribution in [3.8, 4) is 0 Å². The van der Waals surface area contributed by atoms with Gasteiger partial charge in [0.1, 0.15) is 11.6 Å². The van der Waals surface area contributed by atoms with E-state index in [-0.39, 0.29) is 19.3 Å². The number of piperazine rings is 1. The Morgan fingerprint density at radius 3 is 2.73 bits per heavy atom. The lowest BCUT2D eigenvalue weighted by Crippen LogP contribution is -2.46. The number of amides is 1. The van der Waals surface area contributed by atoms with Crippen molar-refractivity contribution in [2.45, 2.75) is 18.9 Å². The van der Waals surface area contributed by atoms with Gasteiger partial charge < -0.3 is 15.2 Å². The number of thioether (sulfide) groups is 1. The molecule has 0 bridgehead atoms. The quantitative estimate of drug-likeness (QED) is 0.509. The van der Waals surface area contributed by atoms with Crippen molar-refractivity contribution in [2.24, 2.45) is 0 Å². The molecular formula is C21H30N4O3S2. The summed E-state index contributed by atoms with van der Waals surface area (Å²) < 4.78 is 5.20. The average Bonchev–Trinajstić information content (AvgIpc) is 3.21. The van der Waals surface area contributed by atoms with Gasteiger partial charge in [0.25, 0.3) is 0 Å². The number of benzene rings is 1. The zero-order valence-corrected chi connectivity index (χ0v) is 18.8. The second-order valence-corrected chi connectivity index (χ2v) is 9.16. The van der Waals surface area contributed by atoms with E-state index < -0.39 is 0 Å². The molecule has 0 atom stereocenters. The molecule has 1 aliphatic rings. The highest BCUT2D eigenvalue weighted by Gasteiger charge is 2.17. The number of hydrogen-bond acceptors (Lipinski definition) is 8. The van der Waals surface area contributed by atoms with Crippen molar-refractivity contribution in [3.05, 3.63) is 52.0 Å². The van der Waals surface area contributed by atoms with Gasteiger partial charge in [-0.2, -0.15) is 11.8 Å². The summed E-state index contributed by atoms with van der Waals surface area (Å²) in [5.74, 6) is 1.67. The Hall–Kier alpha value is -1.65. The summed E-state index contributed by atoms with van der Waals surface area (Å²) in [7, 11) is 0. The van der Waals surface area contributed by atoms with Crippen LogP contribution in [0.2, 0.25) is 0 Å². The third-order valence-electron chi connectivity index (χ3n) is 4.82. The first-order valence-electron chi connectivity index (χ1n) is 10.2. The molecule has 164 valence electrons. The molecule has 0 spiro atoms. The van der Waals surface area contributed by atoms with Gasteiger partial charge in [-0.05, 0) is 5.56 Å². The summed E-state index contributed by atoms with van der Waals surface area (Å²) in [5.41, 5.74) is 2.08. The molecule has 0 saturated carbocycles. The number of thiazole rings is 1.